The summed E-state index contributed by atoms with van der Waals surface area (Å²) < 4.78 is 0. The molecule has 1 amide bonds. The van der Waals surface area contributed by atoms with Crippen molar-refractivity contribution < 1.29 is 4.79 Å². The summed E-state index contributed by atoms with van der Waals surface area (Å²) in [5.41, 5.74) is 6.63. The number of nitrogens with zero attached hydrogens (tertiary/aromatic N) is 2. The predicted octanol–water partition coefficient (Wildman–Crippen LogP) is -0.821. The number of carbonyl (C=O) groups excluding carboxylic acids is 1. The molecule has 2 aliphatic rings. The summed E-state index contributed by atoms with van der Waals surface area (Å²) in [6.45, 7) is 0.461. The average molecular weight is 191 g/mol. The molecule has 0 saturated carbocycles. The number of hydrogen-bond acceptors (Lipinski definition) is 4. The van der Waals surface area contributed by atoms with Crippen molar-refractivity contribution in [2.45, 2.75) is 6.42 Å². The van der Waals surface area contributed by atoms with Gasteiger partial charge in [0.15, 0.2) is 5.84 Å². The monoisotopic (exact) mass is 191 g/mol. The van der Waals surface area contributed by atoms with Crippen LogP contribution in [0.3, 0.4) is 0 Å². The molecule has 0 unspecified atom stereocenters. The van der Waals surface area contributed by atoms with Gasteiger partial charge in [-0.1, -0.05) is 0 Å². The maximum atomic E-state index is 11.5. The van der Waals surface area contributed by atoms with Crippen LogP contribution in [-0.4, -0.2) is 30.5 Å². The molecule has 4 N–H and O–H groups in total. The molecule has 0 aromatic rings. The van der Waals surface area contributed by atoms with E-state index in [4.69, 9.17) is 11.1 Å². The smallest absolute Gasteiger partial charge is 0.262 e. The summed E-state index contributed by atoms with van der Waals surface area (Å²) in [4.78, 5) is 19.2. The molecule has 6 heteroatoms. The first-order valence-corrected chi connectivity index (χ1v) is 4.18. The van der Waals surface area contributed by atoms with Crippen molar-refractivity contribution in [2.75, 3.05) is 6.54 Å². The Morgan fingerprint density at radius 2 is 2.36 bits per heavy atom. The fourth-order valence-corrected chi connectivity index (χ4v) is 1.39. The summed E-state index contributed by atoms with van der Waals surface area (Å²) in [5.74, 6) is -0.164. The summed E-state index contributed by atoms with van der Waals surface area (Å²) in [6, 6.07) is 0. The summed E-state index contributed by atoms with van der Waals surface area (Å²) in [6.07, 6.45) is 2.18. The molecule has 2 heterocycles. The van der Waals surface area contributed by atoms with Crippen molar-refractivity contribution in [3.63, 3.8) is 0 Å². The number of amides is 1. The van der Waals surface area contributed by atoms with Crippen LogP contribution < -0.4 is 11.1 Å². The van der Waals surface area contributed by atoms with E-state index in [9.17, 15) is 4.79 Å². The van der Waals surface area contributed by atoms with Crippen LogP contribution in [0.4, 0.5) is 0 Å². The van der Waals surface area contributed by atoms with E-state index in [-0.39, 0.29) is 11.9 Å². The Bertz CT molecular complexity index is 404. The van der Waals surface area contributed by atoms with Gasteiger partial charge in [-0.3, -0.25) is 15.5 Å². The van der Waals surface area contributed by atoms with E-state index in [0.717, 1.165) is 5.57 Å². The zero-order valence-electron chi connectivity index (χ0n) is 7.37. The summed E-state index contributed by atoms with van der Waals surface area (Å²) in [7, 11) is 0. The van der Waals surface area contributed by atoms with E-state index in [0.29, 0.717) is 24.4 Å². The van der Waals surface area contributed by atoms with Crippen LogP contribution in [0.25, 0.3) is 0 Å². The third-order valence-electron chi connectivity index (χ3n) is 1.98. The maximum absolute atomic E-state index is 11.5. The van der Waals surface area contributed by atoms with Gasteiger partial charge in [0.1, 0.15) is 0 Å². The molecule has 0 bridgehead atoms. The Morgan fingerprint density at radius 3 is 3.07 bits per heavy atom. The van der Waals surface area contributed by atoms with Crippen LogP contribution in [0.15, 0.2) is 21.1 Å². The summed E-state index contributed by atoms with van der Waals surface area (Å²) in [5, 5.41) is 9.51. The van der Waals surface area contributed by atoms with E-state index >= 15 is 0 Å². The molecule has 0 spiro atoms. The molecular weight excluding hydrogens is 182 g/mol. The summed E-state index contributed by atoms with van der Waals surface area (Å²) >= 11 is 0. The van der Waals surface area contributed by atoms with Crippen LogP contribution in [0.1, 0.15) is 6.42 Å². The molecule has 0 aliphatic carbocycles. The SMILES string of the molecule is N=C1N=C2N=CC(CCN)=C2C(=O)N1. The van der Waals surface area contributed by atoms with Crippen molar-refractivity contribution in [1.82, 2.24) is 5.32 Å². The van der Waals surface area contributed by atoms with Crippen molar-refractivity contribution in [3.05, 3.63) is 11.1 Å². The van der Waals surface area contributed by atoms with Gasteiger partial charge in [-0.25, -0.2) is 4.99 Å². The van der Waals surface area contributed by atoms with Crippen LogP contribution in [0, 0.1) is 5.41 Å². The number of nitrogens with two attached hydrogens (primary N) is 1. The third kappa shape index (κ3) is 1.25. The number of carbonyl (C=O) groups is 1. The molecular formula is C8H9N5O. The van der Waals surface area contributed by atoms with Crippen molar-refractivity contribution in [2.24, 2.45) is 15.7 Å². The second-order valence-corrected chi connectivity index (χ2v) is 2.94. The highest BCUT2D eigenvalue weighted by Crippen LogP contribution is 2.18. The highest BCUT2D eigenvalue weighted by atomic mass is 16.2. The van der Waals surface area contributed by atoms with Crippen molar-refractivity contribution in [1.29, 1.82) is 5.41 Å². The molecule has 0 saturated heterocycles. The Kier molecular flexibility index (Phi) is 1.97. The number of amidine groups is 1. The predicted molar refractivity (Wildman–Crippen MR) is 52.5 cm³/mol. The Balaban J connectivity index is 2.44. The van der Waals surface area contributed by atoms with Gasteiger partial charge in [-0.05, 0) is 18.5 Å². The Hall–Kier alpha value is -1.82. The minimum absolute atomic E-state index is 0.167. The van der Waals surface area contributed by atoms with Crippen LogP contribution in [0.2, 0.25) is 0 Å². The van der Waals surface area contributed by atoms with Crippen molar-refractivity contribution >= 4 is 23.9 Å². The lowest BCUT2D eigenvalue weighted by Crippen LogP contribution is -2.37. The topological polar surface area (TPSA) is 104 Å². The standard InChI is InChI=1S/C8H9N5O/c9-2-1-4-3-11-6-5(4)7(14)13-8(10)12-6/h3H,1-2,9H2,(H2,10,13,14). The van der Waals surface area contributed by atoms with Gasteiger partial charge in [-0.15, -0.1) is 0 Å². The molecule has 0 radical (unpaired) electrons. The number of nitrogens with one attached hydrogen (secondary N) is 2. The largest absolute Gasteiger partial charge is 0.330 e. The van der Waals surface area contributed by atoms with E-state index in [2.05, 4.69) is 15.3 Å². The molecule has 72 valence electrons. The number of hydrogen-bond donors (Lipinski definition) is 3. The van der Waals surface area contributed by atoms with Gasteiger partial charge in [0.05, 0.1) is 5.57 Å². The van der Waals surface area contributed by atoms with E-state index in [1.54, 1.807) is 6.21 Å². The highest BCUT2D eigenvalue weighted by Gasteiger charge is 2.28. The molecule has 0 fully saturated rings. The second kappa shape index (κ2) is 3.15. The second-order valence-electron chi connectivity index (χ2n) is 2.94. The Morgan fingerprint density at radius 1 is 1.57 bits per heavy atom. The quantitative estimate of drug-likeness (QED) is 0.530. The fraction of sp³-hybridized carbons (Fsp3) is 0.250. The zero-order valence-corrected chi connectivity index (χ0v) is 7.37. The Labute approximate surface area is 80.1 Å². The van der Waals surface area contributed by atoms with Gasteiger partial charge in [-0.2, -0.15) is 4.99 Å². The maximum Gasteiger partial charge on any atom is 0.262 e. The number of aliphatic imine (C=N–C) groups is 2. The molecule has 2 aliphatic heterocycles. The highest BCUT2D eigenvalue weighted by molar-refractivity contribution is 6.35. The van der Waals surface area contributed by atoms with E-state index in [1.807, 2.05) is 0 Å². The van der Waals surface area contributed by atoms with Crippen LogP contribution >= 0.6 is 0 Å². The van der Waals surface area contributed by atoms with Gasteiger partial charge in [0.2, 0.25) is 5.96 Å². The first kappa shape index (κ1) is 8.76. The minimum atomic E-state index is -0.319. The third-order valence-corrected chi connectivity index (χ3v) is 1.98. The van der Waals surface area contributed by atoms with Crippen molar-refractivity contribution in [3.8, 4) is 0 Å². The van der Waals surface area contributed by atoms with Crippen LogP contribution in [0.5, 0.6) is 0 Å². The number of rotatable bonds is 2. The van der Waals surface area contributed by atoms with E-state index in [1.165, 1.54) is 0 Å². The zero-order chi connectivity index (χ0) is 10.1. The lowest BCUT2D eigenvalue weighted by Gasteiger charge is -2.11. The molecule has 2 rings (SSSR count). The first-order valence-electron chi connectivity index (χ1n) is 4.18. The lowest BCUT2D eigenvalue weighted by atomic mass is 10.1. The molecule has 0 aromatic carbocycles. The van der Waals surface area contributed by atoms with Gasteiger partial charge in [0, 0.05) is 6.21 Å². The van der Waals surface area contributed by atoms with E-state index < -0.39 is 0 Å². The normalized spacial score (nSPS) is 19.6. The minimum Gasteiger partial charge on any atom is -0.330 e. The number of guanidine groups is 1. The number of fused-ring (bicyclic) bond motifs is 1. The molecule has 14 heavy (non-hydrogen) atoms. The van der Waals surface area contributed by atoms with Crippen LogP contribution in [-0.2, 0) is 4.79 Å². The molecule has 6 nitrogen and oxygen atoms in total. The molecule has 0 atom stereocenters. The lowest BCUT2D eigenvalue weighted by molar-refractivity contribution is -0.115. The van der Waals surface area contributed by atoms with Gasteiger partial charge in [0.25, 0.3) is 5.91 Å². The molecule has 0 aromatic heterocycles. The first-order chi connectivity index (χ1) is 6.72. The van der Waals surface area contributed by atoms with Gasteiger partial charge >= 0.3 is 0 Å². The van der Waals surface area contributed by atoms with Gasteiger partial charge < -0.3 is 5.73 Å². The average Bonchev–Trinajstić information content (AvgIpc) is 2.49. The fourth-order valence-electron chi connectivity index (χ4n) is 1.39.